The highest BCUT2D eigenvalue weighted by molar-refractivity contribution is 5.94. The van der Waals surface area contributed by atoms with Gasteiger partial charge in [-0.05, 0) is 38.8 Å². The minimum absolute atomic E-state index is 0.0353. The van der Waals surface area contributed by atoms with Crippen LogP contribution < -0.4 is 5.32 Å². The van der Waals surface area contributed by atoms with Crippen molar-refractivity contribution in [3.05, 3.63) is 35.9 Å². The smallest absolute Gasteiger partial charge is 0.251 e. The standard InChI is InChI=1S/C15H21NO3/c1-15(2)18-11-9-13(19-15)8-10-16-14(17)12-6-4-3-5-7-12/h3-7,13H,8-11H2,1-2H3,(H,16,17). The zero-order chi connectivity index (χ0) is 13.7. The average Bonchev–Trinajstić information content (AvgIpc) is 2.38. The number of nitrogens with one attached hydrogen (secondary N) is 1. The molecule has 0 aromatic heterocycles. The van der Waals surface area contributed by atoms with E-state index in [2.05, 4.69) is 5.32 Å². The minimum atomic E-state index is -0.508. The van der Waals surface area contributed by atoms with Crippen LogP contribution in [0.3, 0.4) is 0 Å². The number of carbonyl (C=O) groups excluding carboxylic acids is 1. The summed E-state index contributed by atoms with van der Waals surface area (Å²) in [6.07, 6.45) is 1.84. The van der Waals surface area contributed by atoms with Crippen LogP contribution in [0, 0.1) is 0 Å². The summed E-state index contributed by atoms with van der Waals surface area (Å²) in [6.45, 7) is 5.17. The summed E-state index contributed by atoms with van der Waals surface area (Å²) in [5.41, 5.74) is 0.690. The summed E-state index contributed by atoms with van der Waals surface area (Å²) in [6, 6.07) is 9.24. The van der Waals surface area contributed by atoms with Crippen LogP contribution in [0.4, 0.5) is 0 Å². The van der Waals surface area contributed by atoms with Gasteiger partial charge >= 0.3 is 0 Å². The molecule has 0 spiro atoms. The lowest BCUT2D eigenvalue weighted by Crippen LogP contribution is -2.41. The first-order valence-electron chi connectivity index (χ1n) is 6.72. The first-order valence-corrected chi connectivity index (χ1v) is 6.72. The molecule has 1 aliphatic heterocycles. The second kappa shape index (κ2) is 6.17. The third kappa shape index (κ3) is 4.33. The minimum Gasteiger partial charge on any atom is -0.352 e. The fraction of sp³-hybridized carbons (Fsp3) is 0.533. The Balaban J connectivity index is 1.73. The van der Waals surface area contributed by atoms with Gasteiger partial charge in [-0.2, -0.15) is 0 Å². The van der Waals surface area contributed by atoms with Crippen LogP contribution >= 0.6 is 0 Å². The average molecular weight is 263 g/mol. The number of rotatable bonds is 4. The van der Waals surface area contributed by atoms with Gasteiger partial charge in [-0.25, -0.2) is 0 Å². The number of amides is 1. The molecule has 1 atom stereocenters. The predicted molar refractivity (Wildman–Crippen MR) is 72.9 cm³/mol. The molecule has 1 aromatic carbocycles. The van der Waals surface area contributed by atoms with Crippen molar-refractivity contribution in [2.45, 2.75) is 38.6 Å². The van der Waals surface area contributed by atoms with Crippen LogP contribution in [0.15, 0.2) is 30.3 Å². The van der Waals surface area contributed by atoms with Crippen LogP contribution in [-0.4, -0.2) is 30.9 Å². The summed E-state index contributed by atoms with van der Waals surface area (Å²) in [5, 5.41) is 2.91. The molecule has 1 N–H and O–H groups in total. The summed E-state index contributed by atoms with van der Waals surface area (Å²) in [4.78, 5) is 11.8. The molecule has 104 valence electrons. The molecule has 1 heterocycles. The van der Waals surface area contributed by atoms with Crippen LogP contribution in [0.5, 0.6) is 0 Å². The molecule has 1 fully saturated rings. The molecule has 19 heavy (non-hydrogen) atoms. The lowest BCUT2D eigenvalue weighted by molar-refractivity contribution is -0.273. The maximum atomic E-state index is 11.8. The first kappa shape index (κ1) is 14.0. The Morgan fingerprint density at radius 1 is 1.37 bits per heavy atom. The largest absolute Gasteiger partial charge is 0.352 e. The van der Waals surface area contributed by atoms with Gasteiger partial charge in [-0.3, -0.25) is 4.79 Å². The molecule has 1 amide bonds. The lowest BCUT2D eigenvalue weighted by Gasteiger charge is -2.36. The molecule has 0 saturated carbocycles. The van der Waals surface area contributed by atoms with E-state index in [1.165, 1.54) is 0 Å². The molecular weight excluding hydrogens is 242 g/mol. The Morgan fingerprint density at radius 3 is 2.79 bits per heavy atom. The second-order valence-corrected chi connectivity index (χ2v) is 5.19. The summed E-state index contributed by atoms with van der Waals surface area (Å²) in [7, 11) is 0. The van der Waals surface area contributed by atoms with Crippen LogP contribution in [0.1, 0.15) is 37.0 Å². The third-order valence-electron chi connectivity index (χ3n) is 3.13. The van der Waals surface area contributed by atoms with Gasteiger partial charge in [0.05, 0.1) is 12.7 Å². The lowest BCUT2D eigenvalue weighted by atomic mass is 10.1. The summed E-state index contributed by atoms with van der Waals surface area (Å²) >= 11 is 0. The Morgan fingerprint density at radius 2 is 2.11 bits per heavy atom. The topological polar surface area (TPSA) is 47.6 Å². The number of carbonyl (C=O) groups is 1. The molecule has 0 bridgehead atoms. The molecule has 1 unspecified atom stereocenters. The van der Waals surface area contributed by atoms with Crippen molar-refractivity contribution in [1.82, 2.24) is 5.32 Å². The fourth-order valence-corrected chi connectivity index (χ4v) is 2.17. The van der Waals surface area contributed by atoms with Crippen LogP contribution in [0.25, 0.3) is 0 Å². The summed E-state index contributed by atoms with van der Waals surface area (Å²) < 4.78 is 11.3. The van der Waals surface area contributed by atoms with Gasteiger partial charge in [0.1, 0.15) is 0 Å². The molecular formula is C15H21NO3. The highest BCUT2D eigenvalue weighted by Gasteiger charge is 2.28. The molecule has 4 nitrogen and oxygen atoms in total. The van der Waals surface area contributed by atoms with Crippen molar-refractivity contribution in [2.75, 3.05) is 13.2 Å². The molecule has 1 aliphatic rings. The Labute approximate surface area is 114 Å². The van der Waals surface area contributed by atoms with Gasteiger partial charge in [0.2, 0.25) is 0 Å². The molecule has 0 radical (unpaired) electrons. The maximum Gasteiger partial charge on any atom is 0.251 e. The Bertz CT molecular complexity index is 417. The fourth-order valence-electron chi connectivity index (χ4n) is 2.17. The molecule has 0 aliphatic carbocycles. The van der Waals surface area contributed by atoms with Crippen molar-refractivity contribution >= 4 is 5.91 Å². The van der Waals surface area contributed by atoms with Crippen molar-refractivity contribution in [3.8, 4) is 0 Å². The van der Waals surface area contributed by atoms with Gasteiger partial charge in [0.15, 0.2) is 5.79 Å². The van der Waals surface area contributed by atoms with E-state index in [1.807, 2.05) is 44.2 Å². The van der Waals surface area contributed by atoms with Crippen LogP contribution in [0.2, 0.25) is 0 Å². The van der Waals surface area contributed by atoms with E-state index in [0.717, 1.165) is 12.8 Å². The molecule has 2 rings (SSSR count). The summed E-state index contributed by atoms with van der Waals surface area (Å²) in [5.74, 6) is -0.543. The van der Waals surface area contributed by atoms with Gasteiger partial charge in [0, 0.05) is 12.1 Å². The van der Waals surface area contributed by atoms with Crippen LogP contribution in [-0.2, 0) is 9.47 Å². The Hall–Kier alpha value is -1.39. The first-order chi connectivity index (χ1) is 9.07. The van der Waals surface area contributed by atoms with E-state index in [0.29, 0.717) is 18.7 Å². The van der Waals surface area contributed by atoms with Crippen molar-refractivity contribution in [3.63, 3.8) is 0 Å². The molecule has 1 aromatic rings. The quantitative estimate of drug-likeness (QED) is 0.907. The van der Waals surface area contributed by atoms with E-state index >= 15 is 0 Å². The van der Waals surface area contributed by atoms with Gasteiger partial charge < -0.3 is 14.8 Å². The van der Waals surface area contributed by atoms with E-state index < -0.39 is 5.79 Å². The molecule has 4 heteroatoms. The van der Waals surface area contributed by atoms with E-state index in [4.69, 9.17) is 9.47 Å². The normalized spacial score (nSPS) is 21.9. The zero-order valence-electron chi connectivity index (χ0n) is 11.5. The second-order valence-electron chi connectivity index (χ2n) is 5.19. The predicted octanol–water partition coefficient (Wildman–Crippen LogP) is 2.35. The molecule has 1 saturated heterocycles. The van der Waals surface area contributed by atoms with Gasteiger partial charge in [0.25, 0.3) is 5.91 Å². The van der Waals surface area contributed by atoms with Crippen molar-refractivity contribution in [2.24, 2.45) is 0 Å². The number of hydrogen-bond acceptors (Lipinski definition) is 3. The SMILES string of the molecule is CC1(C)OCCC(CCNC(=O)c2ccccc2)O1. The highest BCUT2D eigenvalue weighted by Crippen LogP contribution is 2.23. The number of benzene rings is 1. The number of hydrogen-bond donors (Lipinski definition) is 1. The van der Waals surface area contributed by atoms with Crippen molar-refractivity contribution < 1.29 is 14.3 Å². The third-order valence-corrected chi connectivity index (χ3v) is 3.13. The zero-order valence-corrected chi connectivity index (χ0v) is 11.5. The number of ether oxygens (including phenoxy) is 2. The van der Waals surface area contributed by atoms with E-state index in [9.17, 15) is 4.79 Å². The highest BCUT2D eigenvalue weighted by atomic mass is 16.7. The maximum absolute atomic E-state index is 11.8. The Kier molecular flexibility index (Phi) is 4.56. The van der Waals surface area contributed by atoms with E-state index in [-0.39, 0.29) is 12.0 Å². The van der Waals surface area contributed by atoms with Gasteiger partial charge in [-0.15, -0.1) is 0 Å². The van der Waals surface area contributed by atoms with Gasteiger partial charge in [-0.1, -0.05) is 18.2 Å². The van der Waals surface area contributed by atoms with Crippen molar-refractivity contribution in [1.29, 1.82) is 0 Å². The van der Waals surface area contributed by atoms with E-state index in [1.54, 1.807) is 0 Å². The monoisotopic (exact) mass is 263 g/mol.